The Hall–Kier alpha value is -1.06. The first-order chi connectivity index (χ1) is 10.1. The highest BCUT2D eigenvalue weighted by Crippen LogP contribution is 2.36. The van der Waals surface area contributed by atoms with Crippen LogP contribution >= 0.6 is 23.2 Å². The van der Waals surface area contributed by atoms with Gasteiger partial charge in [0.05, 0.1) is 6.10 Å². The van der Waals surface area contributed by atoms with Crippen molar-refractivity contribution in [2.24, 2.45) is 5.73 Å². The highest BCUT2D eigenvalue weighted by molar-refractivity contribution is 6.35. The number of hydrogen-bond donors (Lipinski definition) is 2. The maximum atomic E-state index is 10.8. The normalized spacial score (nSPS) is 14.0. The lowest BCUT2D eigenvalue weighted by Crippen LogP contribution is -2.21. The van der Waals surface area contributed by atoms with Gasteiger partial charge in [-0.3, -0.25) is 0 Å². The van der Waals surface area contributed by atoms with Gasteiger partial charge in [0.2, 0.25) is 0 Å². The van der Waals surface area contributed by atoms with E-state index < -0.39 is 6.10 Å². The maximum absolute atomic E-state index is 10.8. The molecule has 0 aliphatic heterocycles. The molecule has 0 fully saturated rings. The van der Waals surface area contributed by atoms with Crippen LogP contribution in [0.3, 0.4) is 0 Å². The Labute approximate surface area is 135 Å². The Kier molecular flexibility index (Phi) is 5.65. The molecule has 0 aliphatic rings. The molecular weight excluding hydrogens is 305 g/mol. The number of halogens is 2. The van der Waals surface area contributed by atoms with Crippen molar-refractivity contribution in [3.8, 4) is 0 Å². The summed E-state index contributed by atoms with van der Waals surface area (Å²) in [5.41, 5.74) is 8.73. The lowest BCUT2D eigenvalue weighted by Gasteiger charge is -2.25. The first-order valence-electron chi connectivity index (χ1n) is 6.99. The molecule has 2 aromatic carbocycles. The second kappa shape index (κ2) is 7.28. The van der Waals surface area contributed by atoms with Crippen LogP contribution in [0.1, 0.15) is 35.6 Å². The summed E-state index contributed by atoms with van der Waals surface area (Å²) in [5.74, 6) is -0.262. The summed E-state index contributed by atoms with van der Waals surface area (Å²) in [4.78, 5) is 0. The Morgan fingerprint density at radius 3 is 2.43 bits per heavy atom. The van der Waals surface area contributed by atoms with Crippen molar-refractivity contribution in [1.29, 1.82) is 0 Å². The molecule has 2 unspecified atom stereocenters. The van der Waals surface area contributed by atoms with E-state index in [9.17, 15) is 5.11 Å². The summed E-state index contributed by atoms with van der Waals surface area (Å²) in [6.45, 7) is 2.37. The molecule has 0 heterocycles. The van der Waals surface area contributed by atoms with Crippen molar-refractivity contribution in [2.75, 3.05) is 6.54 Å². The highest BCUT2D eigenvalue weighted by atomic mass is 35.5. The zero-order valence-corrected chi connectivity index (χ0v) is 13.4. The van der Waals surface area contributed by atoms with Gasteiger partial charge in [-0.2, -0.15) is 0 Å². The van der Waals surface area contributed by atoms with Crippen molar-refractivity contribution in [3.05, 3.63) is 69.2 Å². The zero-order valence-electron chi connectivity index (χ0n) is 11.9. The lowest BCUT2D eigenvalue weighted by molar-refractivity contribution is 0.146. The number of rotatable bonds is 5. The number of hydrogen-bond acceptors (Lipinski definition) is 2. The van der Waals surface area contributed by atoms with Crippen LogP contribution in [0, 0.1) is 0 Å². The number of aryl methyl sites for hydroxylation is 1. The van der Waals surface area contributed by atoms with Gasteiger partial charge in [-0.1, -0.05) is 60.5 Å². The molecule has 0 amide bonds. The summed E-state index contributed by atoms with van der Waals surface area (Å²) in [6.07, 6.45) is 0.170. The van der Waals surface area contributed by atoms with Gasteiger partial charge in [0.1, 0.15) is 0 Å². The largest absolute Gasteiger partial charge is 0.388 e. The topological polar surface area (TPSA) is 46.2 Å². The zero-order chi connectivity index (χ0) is 15.4. The minimum atomic E-state index is -0.690. The molecule has 2 atom stereocenters. The van der Waals surface area contributed by atoms with Gasteiger partial charge in [0.15, 0.2) is 0 Å². The average Bonchev–Trinajstić information content (AvgIpc) is 2.49. The Bertz CT molecular complexity index is 615. The van der Waals surface area contributed by atoms with Crippen molar-refractivity contribution in [2.45, 2.75) is 25.4 Å². The number of nitrogens with two attached hydrogens (primary N) is 1. The average molecular weight is 324 g/mol. The van der Waals surface area contributed by atoms with E-state index in [1.165, 1.54) is 0 Å². The van der Waals surface area contributed by atoms with Crippen LogP contribution in [0.2, 0.25) is 10.0 Å². The molecule has 0 spiro atoms. The SMILES string of the molecule is CCc1ccccc1C(O)C(CN)c1ccc(Cl)cc1Cl. The van der Waals surface area contributed by atoms with Crippen LogP contribution < -0.4 is 5.73 Å². The van der Waals surface area contributed by atoms with E-state index in [1.54, 1.807) is 12.1 Å². The van der Waals surface area contributed by atoms with Gasteiger partial charge in [-0.15, -0.1) is 0 Å². The van der Waals surface area contributed by atoms with Gasteiger partial charge in [-0.25, -0.2) is 0 Å². The quantitative estimate of drug-likeness (QED) is 0.860. The molecular formula is C17H19Cl2NO. The molecule has 0 radical (unpaired) electrons. The predicted octanol–water partition coefficient (Wildman–Crippen LogP) is 4.33. The molecule has 2 aromatic rings. The number of aliphatic hydroxyl groups is 1. The molecule has 2 nitrogen and oxygen atoms in total. The molecule has 0 saturated heterocycles. The van der Waals surface area contributed by atoms with Gasteiger partial charge >= 0.3 is 0 Å². The molecule has 4 heteroatoms. The maximum Gasteiger partial charge on any atom is 0.0873 e. The second-order valence-corrected chi connectivity index (χ2v) is 5.85. The number of aliphatic hydroxyl groups excluding tert-OH is 1. The fourth-order valence-electron chi connectivity index (χ4n) is 2.59. The Morgan fingerprint density at radius 2 is 1.81 bits per heavy atom. The summed E-state index contributed by atoms with van der Waals surface area (Å²) in [6, 6.07) is 13.1. The van der Waals surface area contributed by atoms with Crippen LogP contribution in [0.25, 0.3) is 0 Å². The predicted molar refractivity (Wildman–Crippen MR) is 89.0 cm³/mol. The third-order valence-corrected chi connectivity index (χ3v) is 4.31. The second-order valence-electron chi connectivity index (χ2n) is 5.01. The first-order valence-corrected chi connectivity index (χ1v) is 7.75. The van der Waals surface area contributed by atoms with E-state index in [1.807, 2.05) is 30.3 Å². The first kappa shape index (κ1) is 16.3. The van der Waals surface area contributed by atoms with Gasteiger partial charge in [0, 0.05) is 22.5 Å². The summed E-state index contributed by atoms with van der Waals surface area (Å²) < 4.78 is 0. The van der Waals surface area contributed by atoms with E-state index >= 15 is 0 Å². The van der Waals surface area contributed by atoms with Crippen LogP contribution in [0.4, 0.5) is 0 Å². The van der Waals surface area contributed by atoms with Crippen molar-refractivity contribution < 1.29 is 5.11 Å². The number of benzene rings is 2. The fourth-order valence-corrected chi connectivity index (χ4v) is 3.14. The summed E-state index contributed by atoms with van der Waals surface area (Å²) >= 11 is 12.2. The van der Waals surface area contributed by atoms with Gasteiger partial charge in [-0.05, 0) is 35.2 Å². The molecule has 2 rings (SSSR count). The molecule has 0 bridgehead atoms. The van der Waals surface area contributed by atoms with E-state index in [0.29, 0.717) is 16.6 Å². The standard InChI is InChI=1S/C17H19Cl2NO/c1-2-11-5-3-4-6-13(11)17(21)15(10-20)14-8-7-12(18)9-16(14)19/h3-9,15,17,21H,2,10,20H2,1H3. The molecule has 0 aromatic heterocycles. The monoisotopic (exact) mass is 323 g/mol. The van der Waals surface area contributed by atoms with E-state index in [2.05, 4.69) is 6.92 Å². The lowest BCUT2D eigenvalue weighted by atomic mass is 9.86. The minimum Gasteiger partial charge on any atom is -0.388 e. The summed E-state index contributed by atoms with van der Waals surface area (Å²) in [7, 11) is 0. The Morgan fingerprint density at radius 1 is 1.10 bits per heavy atom. The van der Waals surface area contributed by atoms with Crippen LogP contribution in [-0.4, -0.2) is 11.7 Å². The van der Waals surface area contributed by atoms with Crippen molar-refractivity contribution in [3.63, 3.8) is 0 Å². The Balaban J connectivity index is 2.40. The van der Waals surface area contributed by atoms with E-state index in [-0.39, 0.29) is 5.92 Å². The van der Waals surface area contributed by atoms with Gasteiger partial charge in [0.25, 0.3) is 0 Å². The van der Waals surface area contributed by atoms with E-state index in [4.69, 9.17) is 28.9 Å². The van der Waals surface area contributed by atoms with Crippen LogP contribution in [-0.2, 0) is 6.42 Å². The van der Waals surface area contributed by atoms with Crippen molar-refractivity contribution in [1.82, 2.24) is 0 Å². The van der Waals surface area contributed by atoms with Gasteiger partial charge < -0.3 is 10.8 Å². The molecule has 0 saturated carbocycles. The smallest absolute Gasteiger partial charge is 0.0873 e. The van der Waals surface area contributed by atoms with Crippen LogP contribution in [0.15, 0.2) is 42.5 Å². The highest BCUT2D eigenvalue weighted by Gasteiger charge is 2.25. The molecule has 0 aliphatic carbocycles. The molecule has 3 N–H and O–H groups in total. The van der Waals surface area contributed by atoms with E-state index in [0.717, 1.165) is 23.1 Å². The molecule has 21 heavy (non-hydrogen) atoms. The third kappa shape index (κ3) is 3.58. The summed E-state index contributed by atoms with van der Waals surface area (Å²) in [5, 5.41) is 11.9. The fraction of sp³-hybridized carbons (Fsp3) is 0.294. The van der Waals surface area contributed by atoms with Crippen LogP contribution in [0.5, 0.6) is 0 Å². The molecule has 112 valence electrons. The minimum absolute atomic E-state index is 0.262. The van der Waals surface area contributed by atoms with Crippen molar-refractivity contribution >= 4 is 23.2 Å². The third-order valence-electron chi connectivity index (χ3n) is 3.75.